The Hall–Kier alpha value is -2.95. The summed E-state index contributed by atoms with van der Waals surface area (Å²) in [6.07, 6.45) is 5.06. The fourth-order valence-electron chi connectivity index (χ4n) is 3.07. The Morgan fingerprint density at radius 1 is 1.12 bits per heavy atom. The van der Waals surface area contributed by atoms with Gasteiger partial charge < -0.3 is 29.3 Å². The van der Waals surface area contributed by atoms with E-state index in [0.29, 0.717) is 38.1 Å². The SMILES string of the molecule is COc1ccc(CN=C(NCCc2ccco2)Nc2ccc3c(c2)OCCCO3)cn1.I. The number of rotatable bonds is 7. The van der Waals surface area contributed by atoms with Crippen molar-refractivity contribution >= 4 is 35.6 Å². The van der Waals surface area contributed by atoms with E-state index in [1.165, 1.54) is 0 Å². The fraction of sp³-hybridized carbons (Fsp3) is 0.304. The molecule has 0 fully saturated rings. The van der Waals surface area contributed by atoms with Crippen molar-refractivity contribution in [1.29, 1.82) is 0 Å². The van der Waals surface area contributed by atoms with Gasteiger partial charge >= 0.3 is 0 Å². The molecule has 0 saturated heterocycles. The molecule has 3 heterocycles. The van der Waals surface area contributed by atoms with Gasteiger partial charge in [0.05, 0.1) is 33.1 Å². The summed E-state index contributed by atoms with van der Waals surface area (Å²) >= 11 is 0. The predicted octanol–water partition coefficient (Wildman–Crippen LogP) is 4.26. The minimum absolute atomic E-state index is 0. The van der Waals surface area contributed by atoms with Gasteiger partial charge in [0.25, 0.3) is 0 Å². The first-order valence-corrected chi connectivity index (χ1v) is 10.3. The molecule has 0 bridgehead atoms. The lowest BCUT2D eigenvalue weighted by atomic mass is 10.2. The first-order chi connectivity index (χ1) is 15.3. The highest BCUT2D eigenvalue weighted by Gasteiger charge is 2.11. The second-order valence-electron chi connectivity index (χ2n) is 6.97. The molecule has 0 radical (unpaired) electrons. The van der Waals surface area contributed by atoms with Gasteiger partial charge in [-0.1, -0.05) is 6.07 Å². The van der Waals surface area contributed by atoms with Crippen LogP contribution < -0.4 is 24.8 Å². The van der Waals surface area contributed by atoms with E-state index in [1.807, 2.05) is 42.5 Å². The number of halogens is 1. The van der Waals surface area contributed by atoms with Crippen LogP contribution in [0.2, 0.25) is 0 Å². The van der Waals surface area contributed by atoms with E-state index in [4.69, 9.17) is 23.6 Å². The number of aliphatic imine (C=N–C) groups is 1. The van der Waals surface area contributed by atoms with Gasteiger partial charge in [0.1, 0.15) is 5.76 Å². The largest absolute Gasteiger partial charge is 0.490 e. The Bertz CT molecular complexity index is 994. The van der Waals surface area contributed by atoms with Crippen molar-refractivity contribution in [2.45, 2.75) is 19.4 Å². The van der Waals surface area contributed by atoms with Crippen molar-refractivity contribution in [2.75, 3.05) is 32.2 Å². The zero-order chi connectivity index (χ0) is 21.3. The summed E-state index contributed by atoms with van der Waals surface area (Å²) in [4.78, 5) is 8.94. The molecule has 0 amide bonds. The number of nitrogens with one attached hydrogen (secondary N) is 2. The average Bonchev–Trinajstić information content (AvgIpc) is 3.21. The molecule has 32 heavy (non-hydrogen) atoms. The second kappa shape index (κ2) is 12.2. The molecule has 1 aliphatic rings. The maximum Gasteiger partial charge on any atom is 0.212 e. The third kappa shape index (κ3) is 6.78. The van der Waals surface area contributed by atoms with E-state index >= 15 is 0 Å². The van der Waals surface area contributed by atoms with Crippen LogP contribution in [0, 0.1) is 0 Å². The van der Waals surface area contributed by atoms with Gasteiger partial charge in [-0.3, -0.25) is 0 Å². The van der Waals surface area contributed by atoms with Gasteiger partial charge in [-0.25, -0.2) is 9.98 Å². The highest BCUT2D eigenvalue weighted by molar-refractivity contribution is 14.0. The Balaban J connectivity index is 0.00000289. The molecule has 0 atom stereocenters. The van der Waals surface area contributed by atoms with Crippen LogP contribution in [0.1, 0.15) is 17.7 Å². The lowest BCUT2D eigenvalue weighted by Gasteiger charge is -2.14. The molecule has 170 valence electrons. The van der Waals surface area contributed by atoms with Crippen molar-refractivity contribution in [3.8, 4) is 17.4 Å². The molecule has 1 aliphatic heterocycles. The molecule has 2 N–H and O–H groups in total. The molecule has 4 rings (SSSR count). The van der Waals surface area contributed by atoms with E-state index in [1.54, 1.807) is 19.6 Å². The maximum atomic E-state index is 5.79. The summed E-state index contributed by atoms with van der Waals surface area (Å²) in [6, 6.07) is 13.4. The molecule has 1 aromatic carbocycles. The number of furan rings is 1. The number of anilines is 1. The molecular formula is C23H27IN4O4. The molecule has 0 aliphatic carbocycles. The zero-order valence-corrected chi connectivity index (χ0v) is 20.2. The highest BCUT2D eigenvalue weighted by Crippen LogP contribution is 2.32. The summed E-state index contributed by atoms with van der Waals surface area (Å²) in [6.45, 7) is 2.45. The summed E-state index contributed by atoms with van der Waals surface area (Å²) in [7, 11) is 1.60. The Morgan fingerprint density at radius 3 is 2.75 bits per heavy atom. The van der Waals surface area contributed by atoms with E-state index in [2.05, 4.69) is 15.6 Å². The number of benzene rings is 1. The summed E-state index contributed by atoms with van der Waals surface area (Å²) in [5.41, 5.74) is 1.84. The van der Waals surface area contributed by atoms with Crippen molar-refractivity contribution < 1.29 is 18.6 Å². The van der Waals surface area contributed by atoms with Crippen LogP contribution in [0.4, 0.5) is 5.69 Å². The van der Waals surface area contributed by atoms with E-state index < -0.39 is 0 Å². The molecule has 0 unspecified atom stereocenters. The third-order valence-electron chi connectivity index (χ3n) is 4.68. The summed E-state index contributed by atoms with van der Waals surface area (Å²) in [5, 5.41) is 6.70. The number of fused-ring (bicyclic) bond motifs is 1. The number of pyridine rings is 1. The minimum atomic E-state index is 0. The first-order valence-electron chi connectivity index (χ1n) is 10.3. The van der Waals surface area contributed by atoms with Crippen LogP contribution in [-0.2, 0) is 13.0 Å². The van der Waals surface area contributed by atoms with Gasteiger partial charge in [0.15, 0.2) is 17.5 Å². The lowest BCUT2D eigenvalue weighted by molar-refractivity contribution is 0.297. The Labute approximate surface area is 204 Å². The second-order valence-corrected chi connectivity index (χ2v) is 6.97. The molecular weight excluding hydrogens is 523 g/mol. The topological polar surface area (TPSA) is 90.1 Å². The van der Waals surface area contributed by atoms with Gasteiger partial charge in [0, 0.05) is 43.4 Å². The van der Waals surface area contributed by atoms with Gasteiger partial charge in [-0.05, 0) is 29.8 Å². The number of hydrogen-bond acceptors (Lipinski definition) is 6. The smallest absolute Gasteiger partial charge is 0.212 e. The molecule has 2 aromatic heterocycles. The normalized spacial score (nSPS) is 13.0. The first kappa shape index (κ1) is 23.7. The highest BCUT2D eigenvalue weighted by atomic mass is 127. The predicted molar refractivity (Wildman–Crippen MR) is 133 cm³/mol. The van der Waals surface area contributed by atoms with Crippen molar-refractivity contribution in [3.05, 3.63) is 66.2 Å². The van der Waals surface area contributed by atoms with Crippen LogP contribution in [0.15, 0.2) is 64.3 Å². The van der Waals surface area contributed by atoms with Crippen LogP contribution in [-0.4, -0.2) is 37.8 Å². The Kier molecular flexibility index (Phi) is 9.02. The van der Waals surface area contributed by atoms with E-state index in [-0.39, 0.29) is 24.0 Å². The number of guanidine groups is 1. The fourth-order valence-corrected chi connectivity index (χ4v) is 3.07. The third-order valence-corrected chi connectivity index (χ3v) is 4.68. The molecule has 9 heteroatoms. The Morgan fingerprint density at radius 2 is 2.00 bits per heavy atom. The molecule has 0 saturated carbocycles. The standard InChI is InChI=1S/C23H26N4O4.HI/c1-28-22-8-5-17(15-25-22)16-26-23(24-10-9-19-4-2-11-29-19)27-18-6-7-20-21(14-18)31-13-3-12-30-20;/h2,4-8,11,14-15H,3,9-10,12-13,16H2,1H3,(H2,24,26,27);1H. The van der Waals surface area contributed by atoms with Crippen LogP contribution in [0.25, 0.3) is 0 Å². The monoisotopic (exact) mass is 550 g/mol. The van der Waals surface area contributed by atoms with E-state index in [0.717, 1.165) is 41.4 Å². The number of nitrogens with zero attached hydrogens (tertiary/aromatic N) is 2. The van der Waals surface area contributed by atoms with Crippen molar-refractivity contribution in [3.63, 3.8) is 0 Å². The number of hydrogen-bond donors (Lipinski definition) is 2. The number of aromatic nitrogens is 1. The van der Waals surface area contributed by atoms with Gasteiger partial charge in [-0.15, -0.1) is 24.0 Å². The van der Waals surface area contributed by atoms with Gasteiger partial charge in [0.2, 0.25) is 5.88 Å². The zero-order valence-electron chi connectivity index (χ0n) is 17.9. The van der Waals surface area contributed by atoms with Crippen molar-refractivity contribution in [2.24, 2.45) is 4.99 Å². The number of methoxy groups -OCH3 is 1. The molecule has 8 nitrogen and oxygen atoms in total. The molecule has 0 spiro atoms. The molecule has 3 aromatic rings. The van der Waals surface area contributed by atoms with E-state index in [9.17, 15) is 0 Å². The minimum Gasteiger partial charge on any atom is -0.490 e. The number of ether oxygens (including phenoxy) is 3. The summed E-state index contributed by atoms with van der Waals surface area (Å²) in [5.74, 6) is 3.64. The van der Waals surface area contributed by atoms with Crippen molar-refractivity contribution in [1.82, 2.24) is 10.3 Å². The lowest BCUT2D eigenvalue weighted by Crippen LogP contribution is -2.32. The van der Waals surface area contributed by atoms with Crippen LogP contribution in [0.5, 0.6) is 17.4 Å². The maximum absolute atomic E-state index is 5.79. The quantitative estimate of drug-likeness (QED) is 0.258. The van der Waals surface area contributed by atoms with Crippen LogP contribution >= 0.6 is 24.0 Å². The average molecular weight is 550 g/mol. The summed E-state index contributed by atoms with van der Waals surface area (Å²) < 4.78 is 22.0. The van der Waals surface area contributed by atoms with Gasteiger partial charge in [-0.2, -0.15) is 0 Å². The van der Waals surface area contributed by atoms with Crippen LogP contribution in [0.3, 0.4) is 0 Å².